The van der Waals surface area contributed by atoms with Gasteiger partial charge in [0.05, 0.1) is 12.9 Å². The second-order valence-electron chi connectivity index (χ2n) is 5.92. The summed E-state index contributed by atoms with van der Waals surface area (Å²) in [5.74, 6) is 1.02. The second kappa shape index (κ2) is 7.77. The molecule has 0 amide bonds. The summed E-state index contributed by atoms with van der Waals surface area (Å²) in [6.07, 6.45) is 0. The van der Waals surface area contributed by atoms with Gasteiger partial charge in [-0.05, 0) is 48.5 Å². The number of nitrogens with zero attached hydrogens (tertiary/aromatic N) is 4. The van der Waals surface area contributed by atoms with Crippen LogP contribution in [0.2, 0.25) is 0 Å². The normalized spacial score (nSPS) is 10.9. The van der Waals surface area contributed by atoms with Gasteiger partial charge in [-0.25, -0.2) is 4.39 Å². The summed E-state index contributed by atoms with van der Waals surface area (Å²) in [4.78, 5) is 12.4. The van der Waals surface area contributed by atoms with Gasteiger partial charge in [0.1, 0.15) is 16.6 Å². The topological polar surface area (TPSA) is 69.4 Å². The van der Waals surface area contributed by atoms with Crippen LogP contribution in [0.5, 0.6) is 5.75 Å². The molecule has 0 atom stereocenters. The average Bonchev–Trinajstić information content (AvgIpc) is 3.15. The summed E-state index contributed by atoms with van der Waals surface area (Å²) in [7, 11) is 1.58. The van der Waals surface area contributed by atoms with Crippen molar-refractivity contribution in [3.63, 3.8) is 0 Å². The molecular formula is C20H15FN4O2S. The van der Waals surface area contributed by atoms with E-state index in [0.29, 0.717) is 33.4 Å². The van der Waals surface area contributed by atoms with Gasteiger partial charge >= 0.3 is 0 Å². The molecule has 2 heterocycles. The third kappa shape index (κ3) is 3.72. The molecule has 140 valence electrons. The number of ether oxygens (including phenoxy) is 1. The van der Waals surface area contributed by atoms with Crippen molar-refractivity contribution in [3.05, 3.63) is 72.0 Å². The molecule has 0 N–H and O–H groups in total. The van der Waals surface area contributed by atoms with E-state index >= 15 is 0 Å². The highest BCUT2D eigenvalue weighted by Gasteiger charge is 2.12. The highest BCUT2D eigenvalue weighted by atomic mass is 32.2. The van der Waals surface area contributed by atoms with Crippen LogP contribution in [0.1, 0.15) is 10.4 Å². The fourth-order valence-electron chi connectivity index (χ4n) is 2.66. The monoisotopic (exact) mass is 394 g/mol. The fraction of sp³-hybridized carbons (Fsp3) is 0.100. The molecule has 0 aliphatic carbocycles. The molecule has 6 nitrogen and oxygen atoms in total. The van der Waals surface area contributed by atoms with E-state index in [0.717, 1.165) is 0 Å². The number of methoxy groups -OCH3 is 1. The molecule has 4 rings (SSSR count). The standard InChI is InChI=1S/C20H15FN4O2S/c1-27-16-7-5-13(6-8-16)17(26)12-28-19-10-9-18-22-23-20(25(18)24-19)14-3-2-4-15(21)11-14/h2-11H,12H2,1H3. The fourth-order valence-corrected chi connectivity index (χ4v) is 3.41. The van der Waals surface area contributed by atoms with Crippen molar-refractivity contribution in [1.29, 1.82) is 0 Å². The highest BCUT2D eigenvalue weighted by Crippen LogP contribution is 2.22. The maximum absolute atomic E-state index is 13.5. The van der Waals surface area contributed by atoms with Gasteiger partial charge in [-0.3, -0.25) is 4.79 Å². The first-order valence-electron chi connectivity index (χ1n) is 8.42. The molecule has 28 heavy (non-hydrogen) atoms. The summed E-state index contributed by atoms with van der Waals surface area (Å²) in [5.41, 5.74) is 1.74. The van der Waals surface area contributed by atoms with Crippen LogP contribution in [0.4, 0.5) is 4.39 Å². The number of fused-ring (bicyclic) bond motifs is 1. The Hall–Kier alpha value is -3.26. The molecule has 2 aromatic carbocycles. The van der Waals surface area contributed by atoms with Gasteiger partial charge < -0.3 is 4.74 Å². The van der Waals surface area contributed by atoms with Gasteiger partial charge in [0, 0.05) is 11.1 Å². The number of halogens is 1. The lowest BCUT2D eigenvalue weighted by atomic mass is 10.1. The lowest BCUT2D eigenvalue weighted by Crippen LogP contribution is -2.03. The van der Waals surface area contributed by atoms with Gasteiger partial charge in [0.2, 0.25) is 0 Å². The smallest absolute Gasteiger partial charge is 0.185 e. The first-order valence-corrected chi connectivity index (χ1v) is 9.41. The maximum atomic E-state index is 13.5. The minimum absolute atomic E-state index is 0.0105. The van der Waals surface area contributed by atoms with Crippen molar-refractivity contribution in [2.75, 3.05) is 12.9 Å². The molecule has 0 spiro atoms. The van der Waals surface area contributed by atoms with Crippen molar-refractivity contribution in [2.45, 2.75) is 5.03 Å². The number of hydrogen-bond donors (Lipinski definition) is 0. The van der Waals surface area contributed by atoms with E-state index < -0.39 is 0 Å². The number of carbonyl (C=O) groups is 1. The van der Waals surface area contributed by atoms with Crippen LogP contribution in [-0.4, -0.2) is 38.5 Å². The third-order valence-corrected chi connectivity index (χ3v) is 5.00. The van der Waals surface area contributed by atoms with Gasteiger partial charge in [-0.2, -0.15) is 9.61 Å². The molecule has 0 saturated heterocycles. The zero-order valence-corrected chi connectivity index (χ0v) is 15.7. The number of carbonyl (C=O) groups excluding carboxylic acids is 1. The summed E-state index contributed by atoms with van der Waals surface area (Å²) in [6, 6.07) is 16.6. The molecule has 0 aliphatic rings. The van der Waals surface area contributed by atoms with Crippen LogP contribution in [0.25, 0.3) is 17.0 Å². The van der Waals surface area contributed by atoms with Crippen molar-refractivity contribution in [3.8, 4) is 17.1 Å². The summed E-state index contributed by atoms with van der Waals surface area (Å²) in [5, 5.41) is 13.3. The lowest BCUT2D eigenvalue weighted by molar-refractivity contribution is 0.102. The van der Waals surface area contributed by atoms with E-state index in [9.17, 15) is 9.18 Å². The Morgan fingerprint density at radius 3 is 2.68 bits per heavy atom. The van der Waals surface area contributed by atoms with Gasteiger partial charge in [0.15, 0.2) is 17.3 Å². The molecule has 0 radical (unpaired) electrons. The van der Waals surface area contributed by atoms with Gasteiger partial charge in [0.25, 0.3) is 0 Å². The quantitative estimate of drug-likeness (QED) is 0.365. The van der Waals surface area contributed by atoms with Crippen LogP contribution in [0, 0.1) is 5.82 Å². The first kappa shape index (κ1) is 18.1. The molecule has 2 aromatic heterocycles. The van der Waals surface area contributed by atoms with E-state index in [1.54, 1.807) is 60.2 Å². The molecule has 0 unspecified atom stereocenters. The minimum Gasteiger partial charge on any atom is -0.497 e. The predicted molar refractivity (Wildman–Crippen MR) is 104 cm³/mol. The van der Waals surface area contributed by atoms with Gasteiger partial charge in [-0.15, -0.1) is 10.2 Å². The number of Topliss-reactive ketones (excluding diaryl/α,β-unsaturated/α-hetero) is 1. The zero-order valence-electron chi connectivity index (χ0n) is 14.9. The number of aromatic nitrogens is 4. The summed E-state index contributed by atoms with van der Waals surface area (Å²) >= 11 is 1.32. The van der Waals surface area contributed by atoms with Crippen LogP contribution >= 0.6 is 11.8 Å². The van der Waals surface area contributed by atoms with Crippen LogP contribution in [0.15, 0.2) is 65.7 Å². The van der Waals surface area contributed by atoms with Crippen molar-refractivity contribution >= 4 is 23.2 Å². The van der Waals surface area contributed by atoms with Gasteiger partial charge in [-0.1, -0.05) is 23.9 Å². The predicted octanol–water partition coefficient (Wildman–Crippen LogP) is 3.91. The molecule has 8 heteroatoms. The Balaban J connectivity index is 1.54. The Labute approximate surface area is 164 Å². The number of hydrogen-bond acceptors (Lipinski definition) is 6. The molecule has 0 saturated carbocycles. The molecule has 4 aromatic rings. The van der Waals surface area contributed by atoms with E-state index in [1.165, 1.54) is 23.9 Å². The molecule has 0 fully saturated rings. The van der Waals surface area contributed by atoms with E-state index in [2.05, 4.69) is 15.3 Å². The molecule has 0 bridgehead atoms. The number of rotatable bonds is 6. The Morgan fingerprint density at radius 2 is 1.93 bits per heavy atom. The lowest BCUT2D eigenvalue weighted by Gasteiger charge is -2.04. The highest BCUT2D eigenvalue weighted by molar-refractivity contribution is 7.99. The molecular weight excluding hydrogens is 379 g/mol. The Morgan fingerprint density at radius 1 is 1.11 bits per heavy atom. The van der Waals surface area contributed by atoms with Crippen LogP contribution in [0.3, 0.4) is 0 Å². The van der Waals surface area contributed by atoms with Crippen molar-refractivity contribution < 1.29 is 13.9 Å². The van der Waals surface area contributed by atoms with E-state index in [4.69, 9.17) is 4.74 Å². The maximum Gasteiger partial charge on any atom is 0.185 e. The Bertz CT molecular complexity index is 1140. The van der Waals surface area contributed by atoms with Crippen LogP contribution < -0.4 is 4.74 Å². The largest absolute Gasteiger partial charge is 0.497 e. The minimum atomic E-state index is -0.357. The molecule has 0 aliphatic heterocycles. The first-order chi connectivity index (χ1) is 13.6. The van der Waals surface area contributed by atoms with E-state index in [-0.39, 0.29) is 17.4 Å². The SMILES string of the molecule is COc1ccc(C(=O)CSc2ccc3nnc(-c4cccc(F)c4)n3n2)cc1. The van der Waals surface area contributed by atoms with Crippen LogP contribution in [-0.2, 0) is 0 Å². The number of benzene rings is 2. The van der Waals surface area contributed by atoms with Crippen molar-refractivity contribution in [1.82, 2.24) is 19.8 Å². The summed E-state index contributed by atoms with van der Waals surface area (Å²) in [6.45, 7) is 0. The number of thioether (sulfide) groups is 1. The zero-order chi connectivity index (χ0) is 19.5. The number of ketones is 1. The Kier molecular flexibility index (Phi) is 5.03. The third-order valence-electron chi connectivity index (χ3n) is 4.08. The van der Waals surface area contributed by atoms with E-state index in [1.807, 2.05) is 0 Å². The second-order valence-corrected chi connectivity index (χ2v) is 6.91. The summed E-state index contributed by atoms with van der Waals surface area (Å²) < 4.78 is 20.2. The average molecular weight is 394 g/mol. The van der Waals surface area contributed by atoms with Crippen molar-refractivity contribution in [2.24, 2.45) is 0 Å².